The molecule has 100 valence electrons. The number of nitrogens with one attached hydrogen (secondary N) is 1. The third-order valence-corrected chi connectivity index (χ3v) is 2.83. The summed E-state index contributed by atoms with van der Waals surface area (Å²) in [5.74, 6) is 0.623. The van der Waals surface area contributed by atoms with Crippen LogP contribution < -0.4 is 10.1 Å². The third-order valence-electron chi connectivity index (χ3n) is 2.83. The van der Waals surface area contributed by atoms with E-state index in [1.807, 2.05) is 32.0 Å². The Bertz CT molecular complexity index is 404. The van der Waals surface area contributed by atoms with Gasteiger partial charge in [0.25, 0.3) is 5.91 Å². The van der Waals surface area contributed by atoms with Crippen molar-refractivity contribution in [2.24, 2.45) is 0 Å². The predicted octanol–water partition coefficient (Wildman–Crippen LogP) is 1.83. The summed E-state index contributed by atoms with van der Waals surface area (Å²) in [6.07, 6.45) is -0.512. The first-order valence-electron chi connectivity index (χ1n) is 6.05. The molecule has 1 aromatic rings. The molecule has 0 fully saturated rings. The molecule has 4 heteroatoms. The number of carbonyl (C=O) groups is 1. The van der Waals surface area contributed by atoms with E-state index in [0.29, 0.717) is 13.2 Å². The average Bonchev–Trinajstić information content (AvgIpc) is 2.35. The summed E-state index contributed by atoms with van der Waals surface area (Å²) >= 11 is 0. The van der Waals surface area contributed by atoms with E-state index in [1.165, 1.54) is 0 Å². The molecule has 1 rings (SSSR count). The van der Waals surface area contributed by atoms with Gasteiger partial charge in [-0.15, -0.1) is 0 Å². The second-order valence-corrected chi connectivity index (χ2v) is 4.24. The maximum atomic E-state index is 11.7. The molecule has 1 unspecified atom stereocenters. The van der Waals surface area contributed by atoms with E-state index < -0.39 is 6.10 Å². The third kappa shape index (κ3) is 4.04. The Kier molecular flexibility index (Phi) is 5.65. The van der Waals surface area contributed by atoms with Crippen LogP contribution in [0.1, 0.15) is 18.1 Å². The van der Waals surface area contributed by atoms with Gasteiger partial charge in [0.05, 0.1) is 6.61 Å². The molecule has 0 radical (unpaired) electrons. The molecule has 1 N–H and O–H groups in total. The Hall–Kier alpha value is -1.55. The van der Waals surface area contributed by atoms with Gasteiger partial charge >= 0.3 is 0 Å². The zero-order valence-electron chi connectivity index (χ0n) is 11.4. The van der Waals surface area contributed by atoms with Crippen LogP contribution in [-0.4, -0.2) is 32.3 Å². The Morgan fingerprint density at radius 3 is 2.78 bits per heavy atom. The van der Waals surface area contributed by atoms with E-state index in [-0.39, 0.29) is 5.91 Å². The van der Waals surface area contributed by atoms with Crippen LogP contribution in [0.5, 0.6) is 5.75 Å². The van der Waals surface area contributed by atoms with E-state index in [0.717, 1.165) is 16.9 Å². The summed E-state index contributed by atoms with van der Waals surface area (Å²) in [6.45, 7) is 6.74. The fourth-order valence-electron chi connectivity index (χ4n) is 1.52. The van der Waals surface area contributed by atoms with Crippen molar-refractivity contribution in [3.05, 3.63) is 29.3 Å². The summed E-state index contributed by atoms with van der Waals surface area (Å²) in [7, 11) is 1.60. The van der Waals surface area contributed by atoms with Crippen LogP contribution in [0, 0.1) is 13.8 Å². The zero-order valence-corrected chi connectivity index (χ0v) is 11.4. The maximum Gasteiger partial charge on any atom is 0.260 e. The molecule has 0 saturated heterocycles. The Morgan fingerprint density at radius 1 is 1.39 bits per heavy atom. The van der Waals surface area contributed by atoms with E-state index in [4.69, 9.17) is 9.47 Å². The highest BCUT2D eigenvalue weighted by Gasteiger charge is 2.15. The van der Waals surface area contributed by atoms with Crippen LogP contribution in [-0.2, 0) is 9.53 Å². The Balaban J connectivity index is 2.56. The summed E-state index contributed by atoms with van der Waals surface area (Å²) in [5.41, 5.74) is 2.22. The van der Waals surface area contributed by atoms with Crippen LogP contribution in [0.2, 0.25) is 0 Å². The molecular formula is C14H21NO3. The van der Waals surface area contributed by atoms with Crippen molar-refractivity contribution in [1.82, 2.24) is 5.32 Å². The van der Waals surface area contributed by atoms with E-state index in [9.17, 15) is 4.79 Å². The number of carbonyl (C=O) groups excluding carboxylic acids is 1. The first-order valence-corrected chi connectivity index (χ1v) is 6.05. The summed E-state index contributed by atoms with van der Waals surface area (Å²) in [4.78, 5) is 11.7. The van der Waals surface area contributed by atoms with Gasteiger partial charge in [-0.2, -0.15) is 0 Å². The minimum absolute atomic E-state index is 0.132. The first-order chi connectivity index (χ1) is 8.56. The monoisotopic (exact) mass is 251 g/mol. The van der Waals surface area contributed by atoms with E-state index >= 15 is 0 Å². The molecule has 0 spiro atoms. The quantitative estimate of drug-likeness (QED) is 0.785. The van der Waals surface area contributed by atoms with Gasteiger partial charge in [-0.1, -0.05) is 12.1 Å². The first kappa shape index (κ1) is 14.5. The number of ether oxygens (including phenoxy) is 2. The SMILES string of the molecule is COCCNC(=O)C(C)Oc1cccc(C)c1C. The molecule has 0 aliphatic carbocycles. The Labute approximate surface area is 108 Å². The van der Waals surface area contributed by atoms with Crippen molar-refractivity contribution in [3.8, 4) is 5.75 Å². The number of rotatable bonds is 6. The molecule has 0 saturated carbocycles. The van der Waals surface area contributed by atoms with E-state index in [2.05, 4.69) is 5.32 Å². The van der Waals surface area contributed by atoms with Crippen molar-refractivity contribution in [3.63, 3.8) is 0 Å². The van der Waals surface area contributed by atoms with Crippen molar-refractivity contribution < 1.29 is 14.3 Å². The maximum absolute atomic E-state index is 11.7. The molecule has 0 bridgehead atoms. The molecular weight excluding hydrogens is 230 g/mol. The molecule has 4 nitrogen and oxygen atoms in total. The van der Waals surface area contributed by atoms with E-state index in [1.54, 1.807) is 14.0 Å². The topological polar surface area (TPSA) is 47.6 Å². The lowest BCUT2D eigenvalue weighted by atomic mass is 10.1. The number of aryl methyl sites for hydroxylation is 1. The van der Waals surface area contributed by atoms with Gasteiger partial charge in [-0.05, 0) is 38.0 Å². The van der Waals surface area contributed by atoms with Crippen LogP contribution in [0.3, 0.4) is 0 Å². The minimum Gasteiger partial charge on any atom is -0.481 e. The molecule has 0 aliphatic heterocycles. The lowest BCUT2D eigenvalue weighted by Crippen LogP contribution is -2.38. The number of amides is 1. The van der Waals surface area contributed by atoms with Gasteiger partial charge < -0.3 is 14.8 Å². The lowest BCUT2D eigenvalue weighted by molar-refractivity contribution is -0.127. The van der Waals surface area contributed by atoms with Gasteiger partial charge in [-0.25, -0.2) is 0 Å². The second-order valence-electron chi connectivity index (χ2n) is 4.24. The normalized spacial score (nSPS) is 12.0. The summed E-state index contributed by atoms with van der Waals surface area (Å²) < 4.78 is 10.5. The van der Waals surface area contributed by atoms with Gasteiger partial charge in [0.15, 0.2) is 6.10 Å². The molecule has 0 aromatic heterocycles. The number of hydrogen-bond acceptors (Lipinski definition) is 3. The van der Waals surface area contributed by atoms with Crippen LogP contribution in [0.4, 0.5) is 0 Å². The van der Waals surface area contributed by atoms with Gasteiger partial charge in [0.2, 0.25) is 0 Å². The summed E-state index contributed by atoms with van der Waals surface area (Å²) in [5, 5.41) is 2.75. The predicted molar refractivity (Wildman–Crippen MR) is 70.9 cm³/mol. The molecule has 1 atom stereocenters. The number of hydrogen-bond donors (Lipinski definition) is 1. The van der Waals surface area contributed by atoms with Gasteiger partial charge in [-0.3, -0.25) is 4.79 Å². The summed E-state index contributed by atoms with van der Waals surface area (Å²) in [6, 6.07) is 5.82. The highest BCUT2D eigenvalue weighted by Crippen LogP contribution is 2.21. The molecule has 0 heterocycles. The van der Waals surface area contributed by atoms with Crippen molar-refractivity contribution >= 4 is 5.91 Å². The van der Waals surface area contributed by atoms with Crippen LogP contribution in [0.25, 0.3) is 0 Å². The minimum atomic E-state index is -0.512. The zero-order chi connectivity index (χ0) is 13.5. The average molecular weight is 251 g/mol. The number of methoxy groups -OCH3 is 1. The second kappa shape index (κ2) is 7.01. The highest BCUT2D eigenvalue weighted by molar-refractivity contribution is 5.80. The smallest absolute Gasteiger partial charge is 0.260 e. The van der Waals surface area contributed by atoms with Crippen LogP contribution >= 0.6 is 0 Å². The molecule has 18 heavy (non-hydrogen) atoms. The molecule has 1 amide bonds. The lowest BCUT2D eigenvalue weighted by Gasteiger charge is -2.17. The molecule has 0 aliphatic rings. The Morgan fingerprint density at radius 2 is 2.11 bits per heavy atom. The standard InChI is InChI=1S/C14H21NO3/c1-10-6-5-7-13(11(10)2)18-12(3)14(16)15-8-9-17-4/h5-7,12H,8-9H2,1-4H3,(H,15,16). The highest BCUT2D eigenvalue weighted by atomic mass is 16.5. The van der Waals surface area contributed by atoms with Gasteiger partial charge in [0.1, 0.15) is 5.75 Å². The van der Waals surface area contributed by atoms with Crippen molar-refractivity contribution in [2.75, 3.05) is 20.3 Å². The molecule has 1 aromatic carbocycles. The fraction of sp³-hybridized carbons (Fsp3) is 0.500. The number of benzene rings is 1. The van der Waals surface area contributed by atoms with Crippen molar-refractivity contribution in [2.45, 2.75) is 26.9 Å². The fourth-order valence-corrected chi connectivity index (χ4v) is 1.52. The van der Waals surface area contributed by atoms with Crippen molar-refractivity contribution in [1.29, 1.82) is 0 Å². The van der Waals surface area contributed by atoms with Crippen LogP contribution in [0.15, 0.2) is 18.2 Å². The largest absolute Gasteiger partial charge is 0.481 e. The van der Waals surface area contributed by atoms with Gasteiger partial charge in [0, 0.05) is 13.7 Å².